The summed E-state index contributed by atoms with van der Waals surface area (Å²) in [5.41, 5.74) is 6.88. The van der Waals surface area contributed by atoms with E-state index in [4.69, 9.17) is 0 Å². The van der Waals surface area contributed by atoms with Gasteiger partial charge in [-0.05, 0) is 67.6 Å². The lowest BCUT2D eigenvalue weighted by Crippen LogP contribution is -2.02. The molecule has 0 fully saturated rings. The minimum Gasteiger partial charge on any atom is -0.207 e. The van der Waals surface area contributed by atoms with E-state index < -0.39 is 0 Å². The lowest BCUT2D eigenvalue weighted by molar-refractivity contribution is 0.624. The predicted molar refractivity (Wildman–Crippen MR) is 82.6 cm³/mol. The quantitative estimate of drug-likeness (QED) is 0.637. The van der Waals surface area contributed by atoms with Crippen molar-refractivity contribution < 1.29 is 4.39 Å². The molecule has 0 amide bonds. The second-order valence-electron chi connectivity index (χ2n) is 5.18. The molecule has 100 valence electrons. The first kappa shape index (κ1) is 14.3. The van der Waals surface area contributed by atoms with Crippen LogP contribution in [-0.2, 0) is 0 Å². The van der Waals surface area contributed by atoms with E-state index in [1.54, 1.807) is 12.1 Å². The van der Waals surface area contributed by atoms with Gasteiger partial charge in [-0.15, -0.1) is 0 Å². The average Bonchev–Trinajstić information content (AvgIpc) is 2.26. The fraction of sp³-hybridized carbons (Fsp3) is 0.294. The van der Waals surface area contributed by atoms with Gasteiger partial charge in [-0.2, -0.15) is 0 Å². The van der Waals surface area contributed by atoms with E-state index in [1.807, 2.05) is 13.8 Å². The number of hydrogen-bond acceptors (Lipinski definition) is 0. The number of hydrogen-bond donors (Lipinski definition) is 0. The third-order valence-corrected chi connectivity index (χ3v) is 4.46. The van der Waals surface area contributed by atoms with Crippen LogP contribution in [0.3, 0.4) is 0 Å². The number of benzene rings is 2. The van der Waals surface area contributed by atoms with Crippen molar-refractivity contribution in [2.24, 2.45) is 0 Å². The molecule has 0 saturated carbocycles. The van der Waals surface area contributed by atoms with Crippen molar-refractivity contribution in [1.29, 1.82) is 0 Å². The van der Waals surface area contributed by atoms with Crippen molar-refractivity contribution in [1.82, 2.24) is 0 Å². The van der Waals surface area contributed by atoms with Crippen molar-refractivity contribution in [2.45, 2.75) is 32.5 Å². The van der Waals surface area contributed by atoms with E-state index in [0.717, 1.165) is 16.7 Å². The Balaban J connectivity index is 2.53. The topological polar surface area (TPSA) is 0 Å². The summed E-state index contributed by atoms with van der Waals surface area (Å²) in [6.45, 7) is 8.13. The largest absolute Gasteiger partial charge is 0.207 e. The minimum atomic E-state index is -0.168. The highest BCUT2D eigenvalue weighted by Gasteiger charge is 2.17. The van der Waals surface area contributed by atoms with Crippen LogP contribution in [0.4, 0.5) is 4.39 Å². The van der Waals surface area contributed by atoms with Crippen LogP contribution in [0, 0.1) is 33.5 Å². The Bertz CT molecular complexity index is 594. The van der Waals surface area contributed by atoms with Crippen LogP contribution in [0.5, 0.6) is 0 Å². The fourth-order valence-corrected chi connectivity index (χ4v) is 3.82. The Morgan fingerprint density at radius 3 is 2.00 bits per heavy atom. The van der Waals surface area contributed by atoms with E-state index in [1.165, 1.54) is 16.7 Å². The molecule has 1 unspecified atom stereocenters. The summed E-state index contributed by atoms with van der Waals surface area (Å²) in [5, 5.41) is 0. The molecule has 0 radical (unpaired) electrons. The molecule has 0 bridgehead atoms. The van der Waals surface area contributed by atoms with Gasteiger partial charge in [0.15, 0.2) is 0 Å². The number of aryl methyl sites for hydroxylation is 4. The molecule has 0 spiro atoms. The van der Waals surface area contributed by atoms with Gasteiger partial charge in [0, 0.05) is 0 Å². The minimum absolute atomic E-state index is 0.105. The average molecular weight is 321 g/mol. The second-order valence-corrected chi connectivity index (χ2v) is 6.09. The first-order valence-corrected chi connectivity index (χ1v) is 7.29. The third-order valence-electron chi connectivity index (χ3n) is 3.51. The van der Waals surface area contributed by atoms with Crippen molar-refractivity contribution in [3.63, 3.8) is 0 Å². The molecule has 2 aromatic carbocycles. The Morgan fingerprint density at radius 2 is 1.47 bits per heavy atom. The second kappa shape index (κ2) is 5.46. The van der Waals surface area contributed by atoms with Crippen molar-refractivity contribution in [3.8, 4) is 0 Å². The molecule has 0 aliphatic heterocycles. The van der Waals surface area contributed by atoms with Gasteiger partial charge < -0.3 is 0 Å². The van der Waals surface area contributed by atoms with Gasteiger partial charge in [0.1, 0.15) is 5.82 Å². The Morgan fingerprint density at radius 1 is 0.895 bits per heavy atom. The summed E-state index contributed by atoms with van der Waals surface area (Å²) in [6.07, 6.45) is 0. The van der Waals surface area contributed by atoms with Crippen molar-refractivity contribution >= 4 is 15.9 Å². The zero-order chi connectivity index (χ0) is 14.2. The highest BCUT2D eigenvalue weighted by atomic mass is 79.9. The van der Waals surface area contributed by atoms with E-state index in [0.29, 0.717) is 0 Å². The summed E-state index contributed by atoms with van der Waals surface area (Å²) in [5.74, 6) is -0.168. The number of alkyl halides is 1. The Kier molecular flexibility index (Phi) is 4.10. The van der Waals surface area contributed by atoms with Gasteiger partial charge in [0.2, 0.25) is 0 Å². The van der Waals surface area contributed by atoms with E-state index in [-0.39, 0.29) is 10.6 Å². The molecule has 0 aliphatic rings. The molecule has 0 nitrogen and oxygen atoms in total. The van der Waals surface area contributed by atoms with Crippen LogP contribution in [0.2, 0.25) is 0 Å². The molecular formula is C17H18BrF. The van der Waals surface area contributed by atoms with Crippen molar-refractivity contribution in [3.05, 3.63) is 69.5 Å². The van der Waals surface area contributed by atoms with Crippen LogP contribution < -0.4 is 0 Å². The van der Waals surface area contributed by atoms with Crippen LogP contribution >= 0.6 is 15.9 Å². The van der Waals surface area contributed by atoms with Crippen molar-refractivity contribution in [2.75, 3.05) is 0 Å². The molecule has 2 aromatic rings. The van der Waals surface area contributed by atoms with Gasteiger partial charge in [-0.1, -0.05) is 39.7 Å². The van der Waals surface area contributed by atoms with Crippen LogP contribution in [-0.4, -0.2) is 0 Å². The highest BCUT2D eigenvalue weighted by Crippen LogP contribution is 2.37. The maximum atomic E-state index is 13.4. The van der Waals surface area contributed by atoms with E-state index >= 15 is 0 Å². The van der Waals surface area contributed by atoms with E-state index in [9.17, 15) is 4.39 Å². The molecule has 0 aromatic heterocycles. The normalized spacial score (nSPS) is 12.5. The number of rotatable bonds is 2. The Hall–Kier alpha value is -1.15. The first-order chi connectivity index (χ1) is 8.90. The maximum Gasteiger partial charge on any atom is 0.123 e. The fourth-order valence-electron chi connectivity index (χ4n) is 2.59. The summed E-state index contributed by atoms with van der Waals surface area (Å²) >= 11 is 3.77. The number of halogens is 2. The van der Waals surface area contributed by atoms with Gasteiger partial charge in [0.25, 0.3) is 0 Å². The van der Waals surface area contributed by atoms with Crippen LogP contribution in [0.1, 0.15) is 38.2 Å². The maximum absolute atomic E-state index is 13.4. The standard InChI is InChI=1S/C17H18BrF/c1-10-5-6-15(11(2)7-10)17(18)16-12(3)8-14(19)9-13(16)4/h5-9,17H,1-4H3. The van der Waals surface area contributed by atoms with Gasteiger partial charge in [-0.25, -0.2) is 4.39 Å². The molecular weight excluding hydrogens is 303 g/mol. The molecule has 0 aliphatic carbocycles. The molecule has 0 heterocycles. The smallest absolute Gasteiger partial charge is 0.123 e. The van der Waals surface area contributed by atoms with Gasteiger partial charge >= 0.3 is 0 Å². The molecule has 0 N–H and O–H groups in total. The lowest BCUT2D eigenvalue weighted by atomic mass is 9.93. The summed E-state index contributed by atoms with van der Waals surface area (Å²) in [6, 6.07) is 9.63. The zero-order valence-electron chi connectivity index (χ0n) is 11.7. The van der Waals surface area contributed by atoms with Gasteiger partial charge in [-0.3, -0.25) is 0 Å². The molecule has 2 rings (SSSR count). The summed E-state index contributed by atoms with van der Waals surface area (Å²) in [7, 11) is 0. The first-order valence-electron chi connectivity index (χ1n) is 6.38. The van der Waals surface area contributed by atoms with Crippen LogP contribution in [0.15, 0.2) is 30.3 Å². The summed E-state index contributed by atoms with van der Waals surface area (Å²) < 4.78 is 13.4. The zero-order valence-corrected chi connectivity index (χ0v) is 13.3. The van der Waals surface area contributed by atoms with Crippen LogP contribution in [0.25, 0.3) is 0 Å². The SMILES string of the molecule is Cc1ccc(C(Br)c2c(C)cc(F)cc2C)c(C)c1. The summed E-state index contributed by atoms with van der Waals surface area (Å²) in [4.78, 5) is 0.105. The predicted octanol–water partition coefficient (Wildman–Crippen LogP) is 5.54. The monoisotopic (exact) mass is 320 g/mol. The lowest BCUT2D eigenvalue weighted by Gasteiger charge is -2.19. The molecule has 0 saturated heterocycles. The molecule has 19 heavy (non-hydrogen) atoms. The van der Waals surface area contributed by atoms with E-state index in [2.05, 4.69) is 48.0 Å². The highest BCUT2D eigenvalue weighted by molar-refractivity contribution is 9.09. The molecule has 1 atom stereocenters. The Labute approximate surface area is 122 Å². The van der Waals surface area contributed by atoms with Gasteiger partial charge in [0.05, 0.1) is 4.83 Å². The molecule has 2 heteroatoms. The third kappa shape index (κ3) is 2.89.